The van der Waals surface area contributed by atoms with Crippen molar-refractivity contribution in [3.8, 4) is 11.5 Å². The molecule has 27 heavy (non-hydrogen) atoms. The first-order valence-corrected chi connectivity index (χ1v) is 9.11. The monoisotopic (exact) mass is 407 g/mol. The van der Waals surface area contributed by atoms with Crippen LogP contribution in [0.15, 0.2) is 36.4 Å². The van der Waals surface area contributed by atoms with Crippen LogP contribution in [0.3, 0.4) is 0 Å². The van der Waals surface area contributed by atoms with E-state index in [0.717, 1.165) is 11.1 Å². The minimum absolute atomic E-state index is 0.251. The Morgan fingerprint density at radius 2 is 1.85 bits per heavy atom. The normalized spacial score (nSPS) is 10.7. The molecule has 0 radical (unpaired) electrons. The molecule has 0 aliphatic carbocycles. The van der Waals surface area contributed by atoms with Gasteiger partial charge in [-0.25, -0.2) is 4.68 Å². The van der Waals surface area contributed by atoms with Gasteiger partial charge in [0.05, 0.1) is 6.61 Å². The van der Waals surface area contributed by atoms with Gasteiger partial charge in [0, 0.05) is 29.2 Å². The number of nitrogens with zero attached hydrogens (tertiary/aromatic N) is 4. The number of aromatic nitrogens is 4. The van der Waals surface area contributed by atoms with Crippen LogP contribution in [0, 0.1) is 0 Å². The molecule has 0 bridgehead atoms. The minimum atomic E-state index is 0.251. The van der Waals surface area contributed by atoms with Crippen LogP contribution in [0.25, 0.3) is 0 Å². The Kier molecular flexibility index (Phi) is 6.36. The molecule has 142 valence electrons. The van der Waals surface area contributed by atoms with Crippen molar-refractivity contribution in [2.24, 2.45) is 7.05 Å². The molecule has 0 aliphatic heterocycles. The number of rotatable bonds is 8. The number of hydrogen-bond acceptors (Lipinski definition) is 6. The average molecular weight is 408 g/mol. The molecule has 1 aromatic heterocycles. The Bertz CT molecular complexity index is 896. The summed E-state index contributed by atoms with van der Waals surface area (Å²) in [4.78, 5) is 0. The third-order valence-electron chi connectivity index (χ3n) is 3.81. The second-order valence-corrected chi connectivity index (χ2v) is 6.50. The second-order valence-electron chi connectivity index (χ2n) is 5.68. The van der Waals surface area contributed by atoms with Gasteiger partial charge in [-0.3, -0.25) is 0 Å². The first-order valence-electron chi connectivity index (χ1n) is 8.36. The summed E-state index contributed by atoms with van der Waals surface area (Å²) >= 11 is 12.4. The van der Waals surface area contributed by atoms with Gasteiger partial charge in [0.25, 0.3) is 0 Å². The lowest BCUT2D eigenvalue weighted by atomic mass is 10.2. The van der Waals surface area contributed by atoms with Gasteiger partial charge in [-0.1, -0.05) is 40.4 Å². The molecule has 0 saturated carbocycles. The SMILES string of the molecule is CCOc1cc(CNc2nnnn2C)ccc1OCc1c(Cl)cccc1Cl. The standard InChI is InChI=1S/C18H19Cl2N5O2/c1-3-26-17-9-12(10-21-18-22-23-24-25(18)2)7-8-16(17)27-11-13-14(19)5-4-6-15(13)20/h4-9H,3,10-11H2,1-2H3,(H,21,22,24). The van der Waals surface area contributed by atoms with E-state index in [4.69, 9.17) is 32.7 Å². The highest BCUT2D eigenvalue weighted by Crippen LogP contribution is 2.31. The summed E-state index contributed by atoms with van der Waals surface area (Å²) in [5, 5.41) is 15.6. The van der Waals surface area contributed by atoms with E-state index in [9.17, 15) is 0 Å². The van der Waals surface area contributed by atoms with Gasteiger partial charge in [0.15, 0.2) is 11.5 Å². The number of tetrazole rings is 1. The van der Waals surface area contributed by atoms with E-state index in [2.05, 4.69) is 20.8 Å². The zero-order valence-electron chi connectivity index (χ0n) is 14.9. The van der Waals surface area contributed by atoms with Crippen molar-refractivity contribution in [2.75, 3.05) is 11.9 Å². The number of anilines is 1. The zero-order chi connectivity index (χ0) is 19.2. The van der Waals surface area contributed by atoms with Crippen molar-refractivity contribution < 1.29 is 9.47 Å². The number of ether oxygens (including phenoxy) is 2. The second kappa shape index (κ2) is 8.92. The van der Waals surface area contributed by atoms with Gasteiger partial charge in [-0.05, 0) is 47.2 Å². The zero-order valence-corrected chi connectivity index (χ0v) is 16.5. The van der Waals surface area contributed by atoms with Crippen LogP contribution in [0.4, 0.5) is 5.95 Å². The van der Waals surface area contributed by atoms with Crippen molar-refractivity contribution in [3.05, 3.63) is 57.6 Å². The lowest BCUT2D eigenvalue weighted by Crippen LogP contribution is -2.06. The molecule has 1 N–H and O–H groups in total. The van der Waals surface area contributed by atoms with E-state index in [0.29, 0.717) is 40.6 Å². The summed E-state index contributed by atoms with van der Waals surface area (Å²) in [6.45, 7) is 3.24. The molecular formula is C18H19Cl2N5O2. The fourth-order valence-corrected chi connectivity index (χ4v) is 2.94. The van der Waals surface area contributed by atoms with Crippen molar-refractivity contribution in [3.63, 3.8) is 0 Å². The fourth-order valence-electron chi connectivity index (χ4n) is 2.43. The minimum Gasteiger partial charge on any atom is -0.490 e. The maximum atomic E-state index is 6.20. The Labute approximate surface area is 167 Å². The summed E-state index contributed by atoms with van der Waals surface area (Å²) in [7, 11) is 1.77. The first kappa shape index (κ1) is 19.3. The van der Waals surface area contributed by atoms with E-state index in [1.807, 2.05) is 25.1 Å². The molecule has 0 saturated heterocycles. The van der Waals surface area contributed by atoms with Gasteiger partial charge in [-0.15, -0.1) is 0 Å². The third-order valence-corrected chi connectivity index (χ3v) is 4.52. The third kappa shape index (κ3) is 4.81. The molecule has 9 heteroatoms. The largest absolute Gasteiger partial charge is 0.490 e. The number of aryl methyl sites for hydroxylation is 1. The first-order chi connectivity index (χ1) is 13.1. The van der Waals surface area contributed by atoms with Gasteiger partial charge in [0.1, 0.15) is 6.61 Å². The maximum absolute atomic E-state index is 6.20. The van der Waals surface area contributed by atoms with Crippen molar-refractivity contribution in [2.45, 2.75) is 20.1 Å². The van der Waals surface area contributed by atoms with Gasteiger partial charge in [-0.2, -0.15) is 0 Å². The molecule has 0 amide bonds. The average Bonchev–Trinajstić information content (AvgIpc) is 3.06. The van der Waals surface area contributed by atoms with E-state index in [1.165, 1.54) is 0 Å². The van der Waals surface area contributed by atoms with Gasteiger partial charge < -0.3 is 14.8 Å². The van der Waals surface area contributed by atoms with Crippen LogP contribution < -0.4 is 14.8 Å². The van der Waals surface area contributed by atoms with Crippen molar-refractivity contribution in [1.29, 1.82) is 0 Å². The molecule has 3 rings (SSSR count). The molecular weight excluding hydrogens is 389 g/mol. The molecule has 0 fully saturated rings. The summed E-state index contributed by atoms with van der Waals surface area (Å²) in [6, 6.07) is 11.1. The highest BCUT2D eigenvalue weighted by molar-refractivity contribution is 6.35. The molecule has 7 nitrogen and oxygen atoms in total. The molecule has 3 aromatic rings. The van der Waals surface area contributed by atoms with Crippen LogP contribution in [0.5, 0.6) is 11.5 Å². The summed E-state index contributed by atoms with van der Waals surface area (Å²) in [5.74, 6) is 1.86. The number of benzene rings is 2. The van der Waals surface area contributed by atoms with Gasteiger partial charge >= 0.3 is 0 Å². The number of halogens is 2. The van der Waals surface area contributed by atoms with Crippen LogP contribution in [0.1, 0.15) is 18.1 Å². The van der Waals surface area contributed by atoms with Crippen LogP contribution >= 0.6 is 23.2 Å². The van der Waals surface area contributed by atoms with Crippen LogP contribution in [-0.2, 0) is 20.2 Å². The summed E-state index contributed by atoms with van der Waals surface area (Å²) in [6.07, 6.45) is 0. The maximum Gasteiger partial charge on any atom is 0.242 e. The Hall–Kier alpha value is -2.51. The van der Waals surface area contributed by atoms with Crippen molar-refractivity contribution >= 4 is 29.2 Å². The highest BCUT2D eigenvalue weighted by atomic mass is 35.5. The van der Waals surface area contributed by atoms with E-state index >= 15 is 0 Å². The van der Waals surface area contributed by atoms with Crippen molar-refractivity contribution in [1.82, 2.24) is 20.2 Å². The highest BCUT2D eigenvalue weighted by Gasteiger charge is 2.11. The number of hydrogen-bond donors (Lipinski definition) is 1. The summed E-state index contributed by atoms with van der Waals surface area (Å²) in [5.41, 5.74) is 1.74. The summed E-state index contributed by atoms with van der Waals surface area (Å²) < 4.78 is 13.2. The van der Waals surface area contributed by atoms with E-state index < -0.39 is 0 Å². The molecule has 2 aromatic carbocycles. The smallest absolute Gasteiger partial charge is 0.242 e. The Morgan fingerprint density at radius 3 is 2.52 bits per heavy atom. The quantitative estimate of drug-likeness (QED) is 0.605. The van der Waals surface area contributed by atoms with Gasteiger partial charge in [0.2, 0.25) is 5.95 Å². The lowest BCUT2D eigenvalue weighted by Gasteiger charge is -2.15. The lowest BCUT2D eigenvalue weighted by molar-refractivity contribution is 0.269. The topological polar surface area (TPSA) is 74.1 Å². The molecule has 0 spiro atoms. The molecule has 0 aliphatic rings. The predicted molar refractivity (Wildman–Crippen MR) is 105 cm³/mol. The fraction of sp³-hybridized carbons (Fsp3) is 0.278. The Morgan fingerprint density at radius 1 is 1.07 bits per heavy atom. The van der Waals surface area contributed by atoms with E-state index in [1.54, 1.807) is 29.9 Å². The predicted octanol–water partition coefficient (Wildman–Crippen LogP) is 4.11. The van der Waals surface area contributed by atoms with E-state index in [-0.39, 0.29) is 6.61 Å². The Balaban J connectivity index is 1.72. The molecule has 0 atom stereocenters. The molecule has 1 heterocycles. The van der Waals surface area contributed by atoms with Crippen LogP contribution in [0.2, 0.25) is 10.0 Å². The molecule has 0 unspecified atom stereocenters. The van der Waals surface area contributed by atoms with Crippen LogP contribution in [-0.4, -0.2) is 26.8 Å². The number of nitrogens with one attached hydrogen (secondary N) is 1.